The lowest BCUT2D eigenvalue weighted by molar-refractivity contribution is 0.332. The molecule has 2 aliphatic carbocycles. The second-order valence-electron chi connectivity index (χ2n) is 29.6. The van der Waals surface area contributed by atoms with Crippen LogP contribution in [-0.2, 0) is 32.5 Å². The van der Waals surface area contributed by atoms with Gasteiger partial charge in [-0.1, -0.05) is 182 Å². The molecule has 2 aliphatic heterocycles. The van der Waals surface area contributed by atoms with E-state index >= 15 is 0 Å². The van der Waals surface area contributed by atoms with Crippen molar-refractivity contribution in [2.75, 3.05) is 14.6 Å². The third-order valence-corrected chi connectivity index (χ3v) is 21.3. The smallest absolute Gasteiger partial charge is 0.333 e. The summed E-state index contributed by atoms with van der Waals surface area (Å²) in [5.41, 5.74) is 25.0. The molecular formula is C77H80BN3S. The standard InChI is InChI=1S/C77H80BN3S/c1-47-40-61-63(77(14,15)39-38-75(61,10)11)45-65(47)80-67-43-53(79(51-28-24-49(25-29-51)72(2,3)4)52-30-26-50(27-31-52)73(5,6)7)33-35-64(67)78-70-59(41-48-20-16-17-21-55(48)71(70)80)57-44-58-56-22-18-19-23-68(56)82-69(58)46-66(57)81(78)54-32-34-60-62(42-54)76(12,13)37-36-74(60,8)9/h16-35,40-46H,36-39H2,1-15H3. The van der Waals surface area contributed by atoms with Gasteiger partial charge in [-0.05, 0) is 205 Å². The van der Waals surface area contributed by atoms with Crippen LogP contribution in [0.1, 0.15) is 162 Å². The minimum absolute atomic E-state index is 0.00291. The molecule has 0 atom stereocenters. The molecule has 3 heterocycles. The van der Waals surface area contributed by atoms with Gasteiger partial charge in [0.15, 0.2) is 0 Å². The van der Waals surface area contributed by atoms with Gasteiger partial charge in [0.25, 0.3) is 0 Å². The van der Waals surface area contributed by atoms with E-state index in [1.54, 1.807) is 0 Å². The van der Waals surface area contributed by atoms with Crippen LogP contribution in [-0.4, -0.2) is 6.85 Å². The second kappa shape index (κ2) is 18.0. The van der Waals surface area contributed by atoms with Crippen molar-refractivity contribution in [1.82, 2.24) is 0 Å². The molecule has 10 aromatic rings. The summed E-state index contributed by atoms with van der Waals surface area (Å²) in [6.45, 7) is 35.9. The lowest BCUT2D eigenvalue weighted by atomic mass is 9.43. The van der Waals surface area contributed by atoms with E-state index in [0.29, 0.717) is 0 Å². The van der Waals surface area contributed by atoms with E-state index in [9.17, 15) is 0 Å². The summed E-state index contributed by atoms with van der Waals surface area (Å²) in [5, 5.41) is 5.17. The van der Waals surface area contributed by atoms with Gasteiger partial charge in [-0.3, -0.25) is 0 Å². The fraction of sp³-hybridized carbons (Fsp3) is 0.325. The van der Waals surface area contributed by atoms with Crippen LogP contribution in [0.2, 0.25) is 0 Å². The molecule has 0 amide bonds. The third kappa shape index (κ3) is 8.17. The summed E-state index contributed by atoms with van der Waals surface area (Å²) in [7, 11) is 0. The summed E-state index contributed by atoms with van der Waals surface area (Å²) in [6, 6.07) is 65.0. The summed E-state index contributed by atoms with van der Waals surface area (Å²) in [4.78, 5) is 8.03. The molecule has 5 heteroatoms. The van der Waals surface area contributed by atoms with Gasteiger partial charge < -0.3 is 14.6 Å². The van der Waals surface area contributed by atoms with E-state index in [-0.39, 0.29) is 39.3 Å². The fourth-order valence-electron chi connectivity index (χ4n) is 14.9. The Labute approximate surface area is 493 Å². The number of nitrogens with zero attached hydrogens (tertiary/aromatic N) is 3. The van der Waals surface area contributed by atoms with Gasteiger partial charge in [0.05, 0.1) is 5.69 Å². The molecule has 0 saturated heterocycles. The highest BCUT2D eigenvalue weighted by molar-refractivity contribution is 7.25. The minimum atomic E-state index is -0.161. The zero-order valence-corrected chi connectivity index (χ0v) is 52.1. The molecule has 0 unspecified atom stereocenters. The van der Waals surface area contributed by atoms with Gasteiger partial charge in [-0.15, -0.1) is 11.3 Å². The molecule has 1 aromatic heterocycles. The second-order valence-corrected chi connectivity index (χ2v) is 30.7. The van der Waals surface area contributed by atoms with Crippen molar-refractivity contribution in [2.24, 2.45) is 0 Å². The lowest BCUT2D eigenvalue weighted by Crippen LogP contribution is -2.61. The molecule has 0 saturated carbocycles. The first kappa shape index (κ1) is 53.0. The Balaban J connectivity index is 1.11. The molecule has 3 nitrogen and oxygen atoms in total. The van der Waals surface area contributed by atoms with Crippen molar-refractivity contribution >= 4 is 106 Å². The fourth-order valence-corrected chi connectivity index (χ4v) is 16.0. The summed E-state index contributed by atoms with van der Waals surface area (Å²) < 4.78 is 2.65. The van der Waals surface area contributed by atoms with Gasteiger partial charge in [0.2, 0.25) is 0 Å². The van der Waals surface area contributed by atoms with Gasteiger partial charge in [0, 0.05) is 70.9 Å². The van der Waals surface area contributed by atoms with Crippen LogP contribution >= 0.6 is 11.3 Å². The van der Waals surface area contributed by atoms with Crippen LogP contribution in [0.15, 0.2) is 164 Å². The van der Waals surface area contributed by atoms with Crippen LogP contribution in [0, 0.1) is 6.92 Å². The SMILES string of the molecule is Cc1cc2c(cc1N1c3cc(N(c4ccc(C(C)(C)C)cc4)c4ccc(C(C)(C)C)cc4)ccc3B3c4c(cc5ccccc5c41)-c1cc4c(cc1N3c1ccc3c(c1)C(C)(C)CCC3(C)C)sc1ccccc14)C(C)(C)CCC2(C)C. The van der Waals surface area contributed by atoms with Crippen molar-refractivity contribution in [3.05, 3.63) is 203 Å². The molecule has 0 N–H and O–H groups in total. The van der Waals surface area contributed by atoms with Gasteiger partial charge in [-0.2, -0.15) is 0 Å². The first-order chi connectivity index (χ1) is 38.8. The average molecular weight is 1090 g/mol. The van der Waals surface area contributed by atoms with E-state index in [2.05, 4.69) is 282 Å². The van der Waals surface area contributed by atoms with Crippen molar-refractivity contribution < 1.29 is 0 Å². The first-order valence-electron chi connectivity index (χ1n) is 30.4. The van der Waals surface area contributed by atoms with E-state index in [1.165, 1.54) is 133 Å². The maximum absolute atomic E-state index is 2.78. The van der Waals surface area contributed by atoms with Crippen molar-refractivity contribution in [2.45, 2.75) is 162 Å². The largest absolute Gasteiger partial charge is 0.376 e. The third-order valence-electron chi connectivity index (χ3n) is 20.2. The Morgan fingerprint density at radius 2 is 1.00 bits per heavy atom. The Morgan fingerprint density at radius 1 is 0.451 bits per heavy atom. The summed E-state index contributed by atoms with van der Waals surface area (Å²) >= 11 is 1.92. The number of hydrogen-bond donors (Lipinski definition) is 0. The average Bonchev–Trinajstić information content (AvgIpc) is 1.52. The predicted octanol–water partition coefficient (Wildman–Crippen LogP) is 21.0. The number of fused-ring (bicyclic) bond motifs is 11. The summed E-state index contributed by atoms with van der Waals surface area (Å²) in [5.74, 6) is 0. The number of thiophene rings is 1. The first-order valence-corrected chi connectivity index (χ1v) is 31.2. The predicted molar refractivity (Wildman–Crippen MR) is 358 cm³/mol. The number of aryl methyl sites for hydroxylation is 1. The number of benzene rings is 9. The van der Waals surface area contributed by atoms with Crippen molar-refractivity contribution in [3.8, 4) is 11.1 Å². The highest BCUT2D eigenvalue weighted by Gasteiger charge is 2.48. The van der Waals surface area contributed by atoms with Gasteiger partial charge in [0.1, 0.15) is 0 Å². The Morgan fingerprint density at radius 3 is 1.62 bits per heavy atom. The highest BCUT2D eigenvalue weighted by atomic mass is 32.1. The van der Waals surface area contributed by atoms with Gasteiger partial charge in [-0.25, -0.2) is 0 Å². The quantitative estimate of drug-likeness (QED) is 0.159. The topological polar surface area (TPSA) is 9.72 Å². The van der Waals surface area contributed by atoms with Crippen molar-refractivity contribution in [3.63, 3.8) is 0 Å². The van der Waals surface area contributed by atoms with Crippen molar-refractivity contribution in [1.29, 1.82) is 0 Å². The molecule has 14 rings (SSSR count). The summed E-state index contributed by atoms with van der Waals surface area (Å²) in [6.07, 6.45) is 4.64. The Kier molecular flexibility index (Phi) is 11.6. The van der Waals surface area contributed by atoms with E-state index in [1.807, 2.05) is 11.3 Å². The normalized spacial score (nSPS) is 17.3. The Bertz CT molecular complexity index is 4210. The van der Waals surface area contributed by atoms with Crippen LogP contribution in [0.5, 0.6) is 0 Å². The zero-order chi connectivity index (χ0) is 57.4. The maximum Gasteiger partial charge on any atom is 0.333 e. The molecule has 0 bridgehead atoms. The monoisotopic (exact) mass is 1090 g/mol. The Hall–Kier alpha value is -7.08. The highest BCUT2D eigenvalue weighted by Crippen LogP contribution is 2.56. The molecule has 0 radical (unpaired) electrons. The van der Waals surface area contributed by atoms with Crippen LogP contribution in [0.3, 0.4) is 0 Å². The van der Waals surface area contributed by atoms with Crippen LogP contribution < -0.4 is 25.5 Å². The number of rotatable bonds is 5. The van der Waals surface area contributed by atoms with E-state index < -0.39 is 0 Å². The van der Waals surface area contributed by atoms with E-state index in [0.717, 1.165) is 29.9 Å². The van der Waals surface area contributed by atoms with Crippen LogP contribution in [0.25, 0.3) is 42.1 Å². The number of anilines is 8. The van der Waals surface area contributed by atoms with Gasteiger partial charge >= 0.3 is 6.85 Å². The molecule has 82 heavy (non-hydrogen) atoms. The molecule has 412 valence electrons. The molecule has 0 fully saturated rings. The van der Waals surface area contributed by atoms with Crippen LogP contribution in [0.4, 0.5) is 45.5 Å². The maximum atomic E-state index is 2.78. The number of hydrogen-bond acceptors (Lipinski definition) is 4. The molecule has 0 spiro atoms. The molecule has 9 aromatic carbocycles. The zero-order valence-electron chi connectivity index (χ0n) is 51.2. The molecule has 4 aliphatic rings. The lowest BCUT2D eigenvalue weighted by Gasteiger charge is -2.48. The molecular weight excluding hydrogens is 1010 g/mol. The van der Waals surface area contributed by atoms with E-state index in [4.69, 9.17) is 0 Å². The minimum Gasteiger partial charge on any atom is -0.376 e.